The molecule has 1 aliphatic heterocycles. The van der Waals surface area contributed by atoms with E-state index >= 15 is 4.39 Å². The molecule has 0 saturated carbocycles. The monoisotopic (exact) mass is 555 g/mol. The van der Waals surface area contributed by atoms with Gasteiger partial charge in [0.1, 0.15) is 11.6 Å². The lowest BCUT2D eigenvalue weighted by Crippen LogP contribution is -2.18. The predicted octanol–water partition coefficient (Wildman–Crippen LogP) is 5.35. The number of aromatic nitrogens is 6. The molecule has 6 rings (SSSR count). The molecule has 1 aromatic carbocycles. The second-order valence-corrected chi connectivity index (χ2v) is 9.32. The molecule has 5 heterocycles. The highest BCUT2D eigenvalue weighted by atomic mass is 19.4. The number of benzene rings is 1. The highest BCUT2D eigenvalue weighted by Crippen LogP contribution is 2.45. The minimum Gasteiger partial charge on any atom is -0.452 e. The third kappa shape index (κ3) is 4.55. The van der Waals surface area contributed by atoms with E-state index < -0.39 is 30.0 Å². The Morgan fingerprint density at radius 1 is 1.10 bits per heavy atom. The van der Waals surface area contributed by atoms with Crippen molar-refractivity contribution in [1.29, 1.82) is 0 Å². The molecule has 4 aromatic heterocycles. The van der Waals surface area contributed by atoms with Gasteiger partial charge in [-0.3, -0.25) is 9.55 Å². The summed E-state index contributed by atoms with van der Waals surface area (Å²) in [5.74, 6) is -0.612. The Hall–Kier alpha value is -4.72. The molecule has 2 atom stereocenters. The van der Waals surface area contributed by atoms with Gasteiger partial charge in [-0.2, -0.15) is 18.3 Å². The molecule has 0 radical (unpaired) electrons. The van der Waals surface area contributed by atoms with Crippen LogP contribution in [0, 0.1) is 5.82 Å². The van der Waals surface area contributed by atoms with Crippen molar-refractivity contribution >= 4 is 16.9 Å². The van der Waals surface area contributed by atoms with Gasteiger partial charge in [0.15, 0.2) is 40.7 Å². The van der Waals surface area contributed by atoms with Gasteiger partial charge in [0.05, 0.1) is 6.20 Å². The Kier molecular flexibility index (Phi) is 6.06. The van der Waals surface area contributed by atoms with Crippen molar-refractivity contribution in [3.8, 4) is 17.3 Å². The van der Waals surface area contributed by atoms with Crippen molar-refractivity contribution in [2.45, 2.75) is 38.4 Å². The average Bonchev–Trinajstić information content (AvgIpc) is 3.34. The molecule has 40 heavy (non-hydrogen) atoms. The summed E-state index contributed by atoms with van der Waals surface area (Å²) < 4.78 is 70.4. The van der Waals surface area contributed by atoms with Crippen LogP contribution in [-0.2, 0) is 10.9 Å². The summed E-state index contributed by atoms with van der Waals surface area (Å²) in [6.07, 6.45) is -2.62. The fourth-order valence-electron chi connectivity index (χ4n) is 4.52. The van der Waals surface area contributed by atoms with Gasteiger partial charge in [0.25, 0.3) is 0 Å². The lowest BCUT2D eigenvalue weighted by Gasteiger charge is -2.13. The molecule has 14 heteroatoms. The van der Waals surface area contributed by atoms with Gasteiger partial charge in [-0.05, 0) is 38.1 Å². The molecule has 1 aliphatic rings. The van der Waals surface area contributed by atoms with E-state index in [2.05, 4.69) is 25.4 Å². The van der Waals surface area contributed by atoms with Crippen LogP contribution < -0.4 is 15.7 Å². The number of aromatic amines is 1. The zero-order valence-corrected chi connectivity index (χ0v) is 21.0. The van der Waals surface area contributed by atoms with Crippen molar-refractivity contribution in [1.82, 2.24) is 29.3 Å². The van der Waals surface area contributed by atoms with Crippen LogP contribution in [0.1, 0.15) is 37.3 Å². The first-order valence-corrected chi connectivity index (χ1v) is 12.2. The molecule has 0 bridgehead atoms. The molecule has 206 valence electrons. The zero-order valence-electron chi connectivity index (χ0n) is 21.0. The van der Waals surface area contributed by atoms with Crippen LogP contribution >= 0.6 is 0 Å². The second kappa shape index (κ2) is 9.48. The Bertz CT molecular complexity index is 1760. The van der Waals surface area contributed by atoms with Crippen LogP contribution in [0.3, 0.4) is 0 Å². The maximum absolute atomic E-state index is 15.0. The normalized spacial score (nSPS) is 17.0. The minimum atomic E-state index is -4.72. The molecule has 2 unspecified atom stereocenters. The molecule has 0 aliphatic carbocycles. The highest BCUT2D eigenvalue weighted by molar-refractivity contribution is 5.78. The van der Waals surface area contributed by atoms with Gasteiger partial charge in [-0.15, -0.1) is 0 Å². The van der Waals surface area contributed by atoms with E-state index in [0.29, 0.717) is 11.2 Å². The molecular weight excluding hydrogens is 534 g/mol. The molecule has 2 N–H and O–H groups in total. The number of rotatable bonds is 7. The maximum Gasteiger partial charge on any atom is 0.433 e. The zero-order chi connectivity index (χ0) is 28.2. The fraction of sp³-hybridized carbons (Fsp3) is 0.231. The number of anilines is 1. The molecule has 0 amide bonds. The van der Waals surface area contributed by atoms with E-state index in [1.807, 2.05) is 13.8 Å². The SMILES string of the molecule is CC(C)n1c(=O)[nH]c2nccc(Oc3ccc(NC4OC4c4cnn(-c5ccccn5)c4C(F)(F)F)cc3F)c21. The first-order chi connectivity index (χ1) is 19.1. The summed E-state index contributed by atoms with van der Waals surface area (Å²) in [6, 6.07) is 9.88. The van der Waals surface area contributed by atoms with E-state index in [4.69, 9.17) is 9.47 Å². The number of pyridine rings is 2. The third-order valence-electron chi connectivity index (χ3n) is 6.28. The number of nitrogens with one attached hydrogen (secondary N) is 2. The highest BCUT2D eigenvalue weighted by Gasteiger charge is 2.49. The Morgan fingerprint density at radius 3 is 2.62 bits per heavy atom. The number of ether oxygens (including phenoxy) is 2. The van der Waals surface area contributed by atoms with Crippen LogP contribution in [-0.4, -0.2) is 35.5 Å². The summed E-state index contributed by atoms with van der Waals surface area (Å²) in [5.41, 5.74) is -0.568. The van der Waals surface area contributed by atoms with Gasteiger partial charge in [-0.25, -0.2) is 23.8 Å². The van der Waals surface area contributed by atoms with Crippen molar-refractivity contribution in [3.05, 3.63) is 88.6 Å². The third-order valence-corrected chi connectivity index (χ3v) is 6.28. The Morgan fingerprint density at radius 2 is 1.93 bits per heavy atom. The molecule has 1 fully saturated rings. The standard InChI is InChI=1S/C26H21F4N7O3/c1-13(2)36-20-18(8-10-32-23(20)35-25(36)38)39-17-7-6-14(11-16(17)27)34-24-21(40-24)15-12-33-37(22(15)26(28,29)30)19-5-3-4-9-31-19/h3-13,21,24,34H,1-2H3,(H,32,35,38). The molecule has 5 aromatic rings. The number of epoxide rings is 1. The predicted molar refractivity (Wildman–Crippen MR) is 135 cm³/mol. The number of H-pyrrole nitrogens is 1. The van der Waals surface area contributed by atoms with Gasteiger partial charge in [0.2, 0.25) is 0 Å². The first kappa shape index (κ1) is 25.6. The average molecular weight is 555 g/mol. The van der Waals surface area contributed by atoms with Gasteiger partial charge < -0.3 is 14.8 Å². The van der Waals surface area contributed by atoms with Crippen LogP contribution in [0.5, 0.6) is 11.5 Å². The van der Waals surface area contributed by atoms with Crippen LogP contribution in [0.4, 0.5) is 23.2 Å². The van der Waals surface area contributed by atoms with E-state index in [0.717, 1.165) is 16.9 Å². The van der Waals surface area contributed by atoms with Crippen molar-refractivity contribution in [2.75, 3.05) is 5.32 Å². The number of alkyl halides is 3. The lowest BCUT2D eigenvalue weighted by atomic mass is 10.1. The molecule has 1 saturated heterocycles. The topological polar surface area (TPSA) is 115 Å². The largest absolute Gasteiger partial charge is 0.452 e. The van der Waals surface area contributed by atoms with Gasteiger partial charge in [0, 0.05) is 41.8 Å². The number of fused-ring (bicyclic) bond motifs is 1. The lowest BCUT2D eigenvalue weighted by molar-refractivity contribution is -0.143. The smallest absolute Gasteiger partial charge is 0.433 e. The quantitative estimate of drug-likeness (QED) is 0.206. The number of hydrogen-bond acceptors (Lipinski definition) is 7. The number of halogens is 4. The summed E-state index contributed by atoms with van der Waals surface area (Å²) in [5, 5.41) is 6.77. The van der Waals surface area contributed by atoms with Crippen molar-refractivity contribution in [3.63, 3.8) is 0 Å². The number of imidazole rings is 1. The van der Waals surface area contributed by atoms with Crippen molar-refractivity contribution in [2.24, 2.45) is 0 Å². The summed E-state index contributed by atoms with van der Waals surface area (Å²) >= 11 is 0. The van der Waals surface area contributed by atoms with Crippen LogP contribution in [0.15, 0.2) is 65.8 Å². The maximum atomic E-state index is 15.0. The van der Waals surface area contributed by atoms with Crippen LogP contribution in [0.2, 0.25) is 0 Å². The molecule has 0 spiro atoms. The molecular formula is C26H21F4N7O3. The summed E-state index contributed by atoms with van der Waals surface area (Å²) in [6.45, 7) is 3.64. The number of hydrogen-bond donors (Lipinski definition) is 2. The summed E-state index contributed by atoms with van der Waals surface area (Å²) in [7, 11) is 0. The first-order valence-electron chi connectivity index (χ1n) is 12.2. The van der Waals surface area contributed by atoms with Crippen LogP contribution in [0.25, 0.3) is 17.0 Å². The minimum absolute atomic E-state index is 0.0143. The number of nitrogens with zero attached hydrogens (tertiary/aromatic N) is 5. The Labute approximate surface area is 223 Å². The van der Waals surface area contributed by atoms with E-state index in [-0.39, 0.29) is 40.3 Å². The second-order valence-electron chi connectivity index (χ2n) is 9.32. The van der Waals surface area contributed by atoms with Crippen molar-refractivity contribution < 1.29 is 27.0 Å². The van der Waals surface area contributed by atoms with Gasteiger partial charge in [-0.1, -0.05) is 6.07 Å². The summed E-state index contributed by atoms with van der Waals surface area (Å²) in [4.78, 5) is 23.1. The van der Waals surface area contributed by atoms with Gasteiger partial charge >= 0.3 is 11.9 Å². The van der Waals surface area contributed by atoms with E-state index in [1.54, 1.807) is 12.1 Å². The van der Waals surface area contributed by atoms with E-state index in [1.165, 1.54) is 41.2 Å². The Balaban J connectivity index is 1.22. The van der Waals surface area contributed by atoms with E-state index in [9.17, 15) is 18.0 Å². The fourth-order valence-corrected chi connectivity index (χ4v) is 4.52. The molecule has 10 nitrogen and oxygen atoms in total.